The standard InChI is InChI=1S/C41H44N2/c1-22(2)27-20-29(23(3)4)36(30(21-27)24(5)6)31-19-26-15-16-42-38-32-17-25(7)18-33(41(8,9)10)39(32)43-34-14-12-11-13-28(34)37(31)40(43)35(26)38/h11-24H,1-10H3. The van der Waals surface area contributed by atoms with Gasteiger partial charge in [0.05, 0.1) is 22.1 Å². The zero-order valence-electron chi connectivity index (χ0n) is 27.5. The van der Waals surface area contributed by atoms with Gasteiger partial charge in [0.25, 0.3) is 0 Å². The van der Waals surface area contributed by atoms with Gasteiger partial charge in [-0.15, -0.1) is 0 Å². The molecule has 2 nitrogen and oxygen atoms in total. The predicted octanol–water partition coefficient (Wildman–Crippen LogP) is 12.0. The number of pyridine rings is 2. The molecule has 7 aromatic rings. The van der Waals surface area contributed by atoms with Crippen molar-refractivity contribution < 1.29 is 0 Å². The van der Waals surface area contributed by atoms with Gasteiger partial charge in [0, 0.05) is 27.7 Å². The smallest absolute Gasteiger partial charge is 0.0822 e. The minimum atomic E-state index is -0.0287. The molecule has 0 fully saturated rings. The van der Waals surface area contributed by atoms with Crippen LogP contribution >= 0.6 is 0 Å². The van der Waals surface area contributed by atoms with Crippen LogP contribution in [0.5, 0.6) is 0 Å². The summed E-state index contributed by atoms with van der Waals surface area (Å²) < 4.78 is 2.59. The molecule has 43 heavy (non-hydrogen) atoms. The van der Waals surface area contributed by atoms with Gasteiger partial charge in [0.1, 0.15) is 0 Å². The van der Waals surface area contributed by atoms with Gasteiger partial charge in [-0.05, 0) is 93.1 Å². The lowest BCUT2D eigenvalue weighted by molar-refractivity contribution is 0.594. The molecule has 7 rings (SSSR count). The molecule has 0 spiro atoms. The van der Waals surface area contributed by atoms with E-state index >= 15 is 0 Å². The second kappa shape index (κ2) is 9.55. The van der Waals surface area contributed by atoms with Crippen molar-refractivity contribution in [2.45, 2.75) is 92.4 Å². The Morgan fingerprint density at radius 3 is 2.00 bits per heavy atom. The second-order valence-corrected chi connectivity index (χ2v) is 14.8. The van der Waals surface area contributed by atoms with Gasteiger partial charge < -0.3 is 4.40 Å². The molecular formula is C41H44N2. The highest BCUT2D eigenvalue weighted by Gasteiger charge is 2.28. The molecule has 0 bridgehead atoms. The number of hydrogen-bond acceptors (Lipinski definition) is 1. The third kappa shape index (κ3) is 4.02. The number of fused-ring (bicyclic) bond motifs is 6. The van der Waals surface area contributed by atoms with E-state index in [1.807, 2.05) is 6.20 Å². The summed E-state index contributed by atoms with van der Waals surface area (Å²) in [5, 5.41) is 6.44. The van der Waals surface area contributed by atoms with Gasteiger partial charge >= 0.3 is 0 Å². The molecule has 0 saturated heterocycles. The molecular weight excluding hydrogens is 520 g/mol. The zero-order valence-corrected chi connectivity index (χ0v) is 27.5. The first-order valence-corrected chi connectivity index (χ1v) is 16.1. The second-order valence-electron chi connectivity index (χ2n) is 14.8. The molecule has 0 N–H and O–H groups in total. The maximum absolute atomic E-state index is 5.11. The van der Waals surface area contributed by atoms with Crippen molar-refractivity contribution in [2.24, 2.45) is 0 Å². The van der Waals surface area contributed by atoms with Crippen LogP contribution in [0.1, 0.15) is 108 Å². The summed E-state index contributed by atoms with van der Waals surface area (Å²) in [7, 11) is 0. The number of aryl methyl sites for hydroxylation is 1. The van der Waals surface area contributed by atoms with Crippen molar-refractivity contribution in [2.75, 3.05) is 0 Å². The van der Waals surface area contributed by atoms with Gasteiger partial charge in [-0.3, -0.25) is 4.98 Å². The van der Waals surface area contributed by atoms with Crippen LogP contribution < -0.4 is 0 Å². The maximum atomic E-state index is 5.11. The average molecular weight is 565 g/mol. The van der Waals surface area contributed by atoms with Crippen molar-refractivity contribution in [3.8, 4) is 11.1 Å². The Balaban J connectivity index is 1.82. The molecule has 0 saturated carbocycles. The van der Waals surface area contributed by atoms with E-state index < -0.39 is 0 Å². The fourth-order valence-corrected chi connectivity index (χ4v) is 7.50. The molecule has 218 valence electrons. The van der Waals surface area contributed by atoms with Crippen molar-refractivity contribution in [3.63, 3.8) is 0 Å². The lowest BCUT2D eigenvalue weighted by Crippen LogP contribution is -2.14. The van der Waals surface area contributed by atoms with Gasteiger partial charge in [0.2, 0.25) is 0 Å². The van der Waals surface area contributed by atoms with Crippen LogP contribution in [-0.2, 0) is 5.41 Å². The molecule has 4 aromatic carbocycles. The Morgan fingerprint density at radius 1 is 0.698 bits per heavy atom. The fourth-order valence-electron chi connectivity index (χ4n) is 7.50. The van der Waals surface area contributed by atoms with Crippen LogP contribution in [0.25, 0.3) is 60.1 Å². The summed E-state index contributed by atoms with van der Waals surface area (Å²) in [6.45, 7) is 23.3. The van der Waals surface area contributed by atoms with Crippen LogP contribution in [0.2, 0.25) is 0 Å². The monoisotopic (exact) mass is 564 g/mol. The third-order valence-corrected chi connectivity index (χ3v) is 9.61. The third-order valence-electron chi connectivity index (χ3n) is 9.61. The number of hydrogen-bond donors (Lipinski definition) is 0. The maximum Gasteiger partial charge on any atom is 0.0822 e. The highest BCUT2D eigenvalue weighted by molar-refractivity contribution is 6.31. The summed E-state index contributed by atoms with van der Waals surface area (Å²) >= 11 is 0. The van der Waals surface area contributed by atoms with Crippen LogP contribution in [0.3, 0.4) is 0 Å². The van der Waals surface area contributed by atoms with Crippen LogP contribution in [0.15, 0.2) is 66.9 Å². The van der Waals surface area contributed by atoms with Gasteiger partial charge in [-0.1, -0.05) is 104 Å². The molecule has 0 aliphatic carbocycles. The Hall–Kier alpha value is -3.91. The van der Waals surface area contributed by atoms with Crippen LogP contribution in [0.4, 0.5) is 0 Å². The number of para-hydroxylation sites is 1. The highest BCUT2D eigenvalue weighted by atomic mass is 14.9. The molecule has 0 aliphatic heterocycles. The van der Waals surface area contributed by atoms with E-state index in [0.29, 0.717) is 17.8 Å². The van der Waals surface area contributed by atoms with E-state index in [1.54, 1.807) is 0 Å². The summed E-state index contributed by atoms with van der Waals surface area (Å²) in [4.78, 5) is 5.11. The topological polar surface area (TPSA) is 17.3 Å². The Morgan fingerprint density at radius 2 is 1.37 bits per heavy atom. The first-order chi connectivity index (χ1) is 20.4. The van der Waals surface area contributed by atoms with E-state index in [2.05, 4.69) is 134 Å². The predicted molar refractivity (Wildman–Crippen MR) is 188 cm³/mol. The van der Waals surface area contributed by atoms with Gasteiger partial charge in [-0.25, -0.2) is 0 Å². The highest BCUT2D eigenvalue weighted by Crippen LogP contribution is 2.49. The lowest BCUT2D eigenvalue weighted by Gasteiger charge is -2.26. The molecule has 3 heterocycles. The van der Waals surface area contributed by atoms with E-state index in [0.717, 1.165) is 5.52 Å². The van der Waals surface area contributed by atoms with Crippen molar-refractivity contribution in [1.29, 1.82) is 0 Å². The van der Waals surface area contributed by atoms with Crippen molar-refractivity contribution >= 4 is 49.0 Å². The number of aromatic nitrogens is 2. The fraction of sp³-hybridized carbons (Fsp3) is 0.341. The molecule has 0 aliphatic rings. The SMILES string of the molecule is Cc1cc(C(C)(C)C)c2c(c1)c1nccc3cc(-c4c(C(C)C)cc(C(C)C)cc4C(C)C)c4c5ccccc5n2c4c31. The van der Waals surface area contributed by atoms with E-state index in [1.165, 1.54) is 82.4 Å². The summed E-state index contributed by atoms with van der Waals surface area (Å²) in [6.07, 6.45) is 2.02. The Kier molecular flexibility index (Phi) is 6.19. The van der Waals surface area contributed by atoms with E-state index in [-0.39, 0.29) is 5.41 Å². The summed E-state index contributed by atoms with van der Waals surface area (Å²) in [6, 6.07) is 23.5. The molecule has 0 amide bonds. The quantitative estimate of drug-likeness (QED) is 0.153. The van der Waals surface area contributed by atoms with Crippen LogP contribution in [0, 0.1) is 6.92 Å². The molecule has 3 aromatic heterocycles. The van der Waals surface area contributed by atoms with Crippen LogP contribution in [-0.4, -0.2) is 9.38 Å². The lowest BCUT2D eigenvalue weighted by atomic mass is 9.80. The summed E-state index contributed by atoms with van der Waals surface area (Å²) in [5.41, 5.74) is 14.7. The molecule has 0 atom stereocenters. The normalized spacial score (nSPS) is 13.0. The van der Waals surface area contributed by atoms with Gasteiger partial charge in [-0.2, -0.15) is 0 Å². The zero-order chi connectivity index (χ0) is 30.5. The molecule has 2 heteroatoms. The van der Waals surface area contributed by atoms with Gasteiger partial charge in [0.15, 0.2) is 0 Å². The molecule has 0 radical (unpaired) electrons. The van der Waals surface area contributed by atoms with Crippen molar-refractivity contribution in [3.05, 3.63) is 94.7 Å². The average Bonchev–Trinajstić information content (AvgIpc) is 3.30. The van der Waals surface area contributed by atoms with E-state index in [9.17, 15) is 0 Å². The first-order valence-electron chi connectivity index (χ1n) is 16.1. The number of rotatable bonds is 4. The largest absolute Gasteiger partial charge is 0.308 e. The minimum absolute atomic E-state index is 0.0287. The Labute approximate surface area is 256 Å². The number of benzene rings is 4. The Bertz CT molecular complexity index is 2170. The first kappa shape index (κ1) is 27.9. The minimum Gasteiger partial charge on any atom is -0.308 e. The number of nitrogens with zero attached hydrogens (tertiary/aromatic N) is 2. The summed E-state index contributed by atoms with van der Waals surface area (Å²) in [5.74, 6) is 1.29. The molecule has 0 unspecified atom stereocenters. The van der Waals surface area contributed by atoms with E-state index in [4.69, 9.17) is 4.98 Å². The van der Waals surface area contributed by atoms with Crippen molar-refractivity contribution in [1.82, 2.24) is 9.38 Å².